The van der Waals surface area contributed by atoms with E-state index in [1.807, 2.05) is 45.0 Å². The average molecular weight is 570 g/mol. The Kier molecular flexibility index (Phi) is 9.06. The molecule has 0 saturated heterocycles. The number of fused-ring (bicyclic) bond motifs is 1. The van der Waals surface area contributed by atoms with Crippen molar-refractivity contribution in [1.29, 1.82) is 0 Å². The third kappa shape index (κ3) is 6.49. The van der Waals surface area contributed by atoms with Gasteiger partial charge in [0.2, 0.25) is 0 Å². The summed E-state index contributed by atoms with van der Waals surface area (Å²) in [6.45, 7) is 5.94. The molecule has 1 aliphatic heterocycles. The number of allylic oxidation sites excluding steroid dienone is 1. The van der Waals surface area contributed by atoms with Crippen LogP contribution in [0.5, 0.6) is 28.7 Å². The Morgan fingerprint density at radius 1 is 0.714 bits per heavy atom. The lowest BCUT2D eigenvalue weighted by molar-refractivity contribution is -0.128. The maximum Gasteiger partial charge on any atom is 0.336 e. The van der Waals surface area contributed by atoms with Crippen LogP contribution in [0, 0.1) is 0 Å². The molecule has 8 nitrogen and oxygen atoms in total. The molecule has 1 amide bonds. The molecule has 1 aliphatic rings. The van der Waals surface area contributed by atoms with Crippen molar-refractivity contribution in [3.05, 3.63) is 89.5 Å². The fraction of sp³-hybridized carbons (Fsp3) is 0.235. The number of carbonyl (C=O) groups is 2. The fourth-order valence-electron chi connectivity index (χ4n) is 4.94. The van der Waals surface area contributed by atoms with E-state index in [0.717, 1.165) is 28.0 Å². The largest absolute Gasteiger partial charge is 0.493 e. The fourth-order valence-corrected chi connectivity index (χ4v) is 4.94. The van der Waals surface area contributed by atoms with Gasteiger partial charge in [-0.25, -0.2) is 4.79 Å². The molecule has 0 N–H and O–H groups in total. The summed E-state index contributed by atoms with van der Waals surface area (Å²) in [6.07, 6.45) is 8.29. The van der Waals surface area contributed by atoms with Crippen LogP contribution in [0.4, 0.5) is 5.69 Å². The molecule has 0 unspecified atom stereocenters. The zero-order chi connectivity index (χ0) is 30.4. The van der Waals surface area contributed by atoms with Crippen molar-refractivity contribution in [1.82, 2.24) is 0 Å². The summed E-state index contributed by atoms with van der Waals surface area (Å²) in [6, 6.07) is 16.1. The second kappa shape index (κ2) is 12.7. The maximum atomic E-state index is 13.5. The van der Waals surface area contributed by atoms with Gasteiger partial charge < -0.3 is 23.7 Å². The van der Waals surface area contributed by atoms with Gasteiger partial charge in [-0.05, 0) is 92.1 Å². The summed E-state index contributed by atoms with van der Waals surface area (Å²) in [7, 11) is 6.26. The monoisotopic (exact) mass is 569 g/mol. The summed E-state index contributed by atoms with van der Waals surface area (Å²) in [4.78, 5) is 27.9. The van der Waals surface area contributed by atoms with Crippen LogP contribution in [0.3, 0.4) is 0 Å². The van der Waals surface area contributed by atoms with Crippen LogP contribution in [0.2, 0.25) is 0 Å². The number of ether oxygens (including phenoxy) is 5. The molecule has 8 heteroatoms. The van der Waals surface area contributed by atoms with Gasteiger partial charge in [0, 0.05) is 17.7 Å². The number of hydrogen-bond acceptors (Lipinski definition) is 7. The van der Waals surface area contributed by atoms with E-state index in [0.29, 0.717) is 28.7 Å². The number of methoxy groups -OCH3 is 4. The Hall–Kier alpha value is -4.98. The number of esters is 1. The topological polar surface area (TPSA) is 83.5 Å². The summed E-state index contributed by atoms with van der Waals surface area (Å²) in [5, 5.41) is 0. The van der Waals surface area contributed by atoms with Gasteiger partial charge in [-0.15, -0.1) is 0 Å². The number of anilines is 1. The third-order valence-electron chi connectivity index (χ3n) is 6.86. The Balaban J connectivity index is 1.54. The molecule has 0 aromatic heterocycles. The molecule has 0 spiro atoms. The van der Waals surface area contributed by atoms with Crippen molar-refractivity contribution in [2.75, 3.05) is 33.3 Å². The molecule has 4 rings (SSSR count). The molecule has 0 bridgehead atoms. The van der Waals surface area contributed by atoms with E-state index >= 15 is 0 Å². The van der Waals surface area contributed by atoms with Crippen LogP contribution < -0.4 is 28.6 Å². The quantitative estimate of drug-likeness (QED) is 0.163. The van der Waals surface area contributed by atoms with Gasteiger partial charge in [-0.3, -0.25) is 9.69 Å². The van der Waals surface area contributed by atoms with Gasteiger partial charge in [0.15, 0.2) is 23.0 Å². The Morgan fingerprint density at radius 2 is 1.26 bits per heavy atom. The van der Waals surface area contributed by atoms with Crippen LogP contribution in [-0.4, -0.2) is 45.9 Å². The number of rotatable bonds is 9. The molecule has 42 heavy (non-hydrogen) atoms. The van der Waals surface area contributed by atoms with E-state index in [1.54, 1.807) is 81.9 Å². The maximum absolute atomic E-state index is 13.5. The van der Waals surface area contributed by atoms with E-state index in [4.69, 9.17) is 23.7 Å². The lowest BCUT2D eigenvalue weighted by atomic mass is 9.88. The minimum absolute atomic E-state index is 0.192. The molecular formula is C34H35NO7. The van der Waals surface area contributed by atoms with Crippen molar-refractivity contribution in [3.8, 4) is 28.7 Å². The van der Waals surface area contributed by atoms with Gasteiger partial charge in [-0.2, -0.15) is 0 Å². The highest BCUT2D eigenvalue weighted by Gasteiger charge is 2.35. The smallest absolute Gasteiger partial charge is 0.336 e. The van der Waals surface area contributed by atoms with Crippen LogP contribution in [-0.2, 0) is 9.59 Å². The predicted molar refractivity (Wildman–Crippen MR) is 164 cm³/mol. The Labute approximate surface area is 246 Å². The van der Waals surface area contributed by atoms with E-state index in [1.165, 1.54) is 12.2 Å². The Bertz CT molecular complexity index is 1580. The van der Waals surface area contributed by atoms with Gasteiger partial charge in [-0.1, -0.05) is 18.2 Å². The molecular weight excluding hydrogens is 534 g/mol. The second-order valence-corrected chi connectivity index (χ2v) is 10.2. The van der Waals surface area contributed by atoms with E-state index in [2.05, 4.69) is 0 Å². The van der Waals surface area contributed by atoms with Crippen LogP contribution in [0.1, 0.15) is 37.5 Å². The highest BCUT2D eigenvalue weighted by atomic mass is 16.5. The summed E-state index contributed by atoms with van der Waals surface area (Å²) >= 11 is 0. The van der Waals surface area contributed by atoms with E-state index < -0.39 is 11.5 Å². The number of hydrogen-bond donors (Lipinski definition) is 0. The molecule has 218 valence electrons. The van der Waals surface area contributed by atoms with Gasteiger partial charge >= 0.3 is 5.97 Å². The van der Waals surface area contributed by atoms with Crippen molar-refractivity contribution >= 4 is 35.3 Å². The van der Waals surface area contributed by atoms with E-state index in [-0.39, 0.29) is 5.91 Å². The second-order valence-electron chi connectivity index (χ2n) is 10.2. The first kappa shape index (κ1) is 30.0. The molecule has 0 atom stereocenters. The first-order valence-electron chi connectivity index (χ1n) is 13.3. The van der Waals surface area contributed by atoms with Crippen LogP contribution in [0.25, 0.3) is 17.7 Å². The predicted octanol–water partition coefficient (Wildman–Crippen LogP) is 6.58. The summed E-state index contributed by atoms with van der Waals surface area (Å²) in [5.74, 6) is 2.00. The number of amides is 1. The van der Waals surface area contributed by atoms with Crippen molar-refractivity contribution < 1.29 is 33.3 Å². The van der Waals surface area contributed by atoms with Gasteiger partial charge in [0.1, 0.15) is 5.75 Å². The number of benzene rings is 3. The SMILES string of the molecule is COc1ccc(/C=C/C(=O)Oc2ccc3c(c2)C(C)=CC(C)(C)N3C(=O)/C=C/c2ccc(OC)c(OC)c2)cc1OC. The van der Waals surface area contributed by atoms with Crippen LogP contribution in [0.15, 0.2) is 72.8 Å². The zero-order valence-corrected chi connectivity index (χ0v) is 24.9. The molecule has 1 heterocycles. The van der Waals surface area contributed by atoms with Gasteiger partial charge in [0.05, 0.1) is 39.7 Å². The first-order valence-corrected chi connectivity index (χ1v) is 13.3. The molecule has 0 saturated carbocycles. The Morgan fingerprint density at radius 3 is 1.81 bits per heavy atom. The average Bonchev–Trinajstić information content (AvgIpc) is 2.98. The number of nitrogens with zero attached hydrogens (tertiary/aromatic N) is 1. The molecule has 3 aromatic carbocycles. The van der Waals surface area contributed by atoms with E-state index in [9.17, 15) is 9.59 Å². The summed E-state index contributed by atoms with van der Waals surface area (Å²) < 4.78 is 26.8. The van der Waals surface area contributed by atoms with Gasteiger partial charge in [0.25, 0.3) is 5.91 Å². The molecule has 0 aliphatic carbocycles. The highest BCUT2D eigenvalue weighted by molar-refractivity contribution is 6.08. The number of carbonyl (C=O) groups excluding carboxylic acids is 2. The summed E-state index contributed by atoms with van der Waals surface area (Å²) in [5.41, 5.74) is 3.47. The van der Waals surface area contributed by atoms with Crippen molar-refractivity contribution in [3.63, 3.8) is 0 Å². The minimum atomic E-state index is -0.587. The normalized spacial score (nSPS) is 13.9. The highest BCUT2D eigenvalue weighted by Crippen LogP contribution is 2.41. The first-order chi connectivity index (χ1) is 20.1. The minimum Gasteiger partial charge on any atom is -0.493 e. The standard InChI is InChI=1S/C34H35NO7/c1-22-21-34(2,3)35(32(36)16-10-23-8-14-28(38-4)30(18-23)40-6)27-13-12-25(20-26(22)27)42-33(37)17-11-24-9-15-29(39-5)31(19-24)41-7/h8-21H,1-7H3/b16-10+,17-11+. The molecule has 3 aromatic rings. The van der Waals surface area contributed by atoms with Crippen LogP contribution >= 0.6 is 0 Å². The zero-order valence-electron chi connectivity index (χ0n) is 24.9. The molecule has 0 radical (unpaired) electrons. The van der Waals surface area contributed by atoms with Crippen molar-refractivity contribution in [2.45, 2.75) is 26.3 Å². The third-order valence-corrected chi connectivity index (χ3v) is 6.86. The lowest BCUT2D eigenvalue weighted by Gasteiger charge is -2.41. The van der Waals surface area contributed by atoms with Crippen molar-refractivity contribution in [2.24, 2.45) is 0 Å². The molecule has 0 fully saturated rings. The lowest BCUT2D eigenvalue weighted by Crippen LogP contribution is -2.48.